The van der Waals surface area contributed by atoms with Crippen molar-refractivity contribution < 1.29 is 9.53 Å². The number of ether oxygens (including phenoxy) is 1. The highest BCUT2D eigenvalue weighted by Gasteiger charge is 2.58. The summed E-state index contributed by atoms with van der Waals surface area (Å²) in [6.07, 6.45) is 43.3. The van der Waals surface area contributed by atoms with Crippen molar-refractivity contribution in [3.05, 3.63) is 0 Å². The van der Waals surface area contributed by atoms with Crippen LogP contribution in [0, 0.1) is 59.6 Å². The fraction of sp³-hybridized carbons (Fsp3) is 0.986. The Labute approximate surface area is 488 Å². The summed E-state index contributed by atoms with van der Waals surface area (Å²) in [5, 5.41) is 0. The first-order valence-electron chi connectivity index (χ1n) is 35.1. The molecule has 0 spiro atoms. The predicted molar refractivity (Wildman–Crippen MR) is 348 cm³/mol. The Bertz CT molecular complexity index is 1270. The van der Waals surface area contributed by atoms with Crippen LogP contribution in [0.2, 0.25) is 0 Å². The van der Waals surface area contributed by atoms with Crippen LogP contribution in [0.3, 0.4) is 0 Å². The van der Waals surface area contributed by atoms with E-state index in [9.17, 15) is 0 Å². The van der Waals surface area contributed by atoms with E-state index >= 15 is 4.79 Å². The molecule has 0 heterocycles. The summed E-state index contributed by atoms with van der Waals surface area (Å²) in [4.78, 5) is 18.0. The maximum absolute atomic E-state index is 15.8. The average molecular weight is 1090 g/mol. The van der Waals surface area contributed by atoms with Gasteiger partial charge in [-0.2, -0.15) is 0 Å². The Morgan fingerprint density at radius 2 is 0.519 bits per heavy atom. The van der Waals surface area contributed by atoms with E-state index in [1.165, 1.54) is 212 Å². The van der Waals surface area contributed by atoms with Crippen LogP contribution in [0.1, 0.15) is 384 Å². The molecule has 0 aromatic carbocycles. The van der Waals surface area contributed by atoms with Crippen LogP contribution in [0.25, 0.3) is 0 Å². The van der Waals surface area contributed by atoms with Gasteiger partial charge in [-0.05, 0) is 152 Å². The van der Waals surface area contributed by atoms with E-state index in [0.717, 1.165) is 19.4 Å². The Morgan fingerprint density at radius 1 is 0.299 bits per heavy atom. The van der Waals surface area contributed by atoms with Gasteiger partial charge in [0, 0.05) is 6.54 Å². The first-order chi connectivity index (χ1) is 36.2. The first kappa shape index (κ1) is 76.4. The molecule has 0 N–H and O–H groups in total. The zero-order valence-corrected chi connectivity index (χ0v) is 58.4. The van der Waals surface area contributed by atoms with Crippen molar-refractivity contribution in [2.75, 3.05) is 27.2 Å². The highest BCUT2D eigenvalue weighted by Crippen LogP contribution is 2.69. The van der Waals surface area contributed by atoms with Gasteiger partial charge in [0.15, 0.2) is 0 Å². The highest BCUT2D eigenvalue weighted by atomic mass is 16.5. The minimum atomic E-state index is -0.613. The van der Waals surface area contributed by atoms with Crippen LogP contribution in [-0.4, -0.2) is 38.1 Å². The van der Waals surface area contributed by atoms with Gasteiger partial charge in [0.05, 0.1) is 5.41 Å². The van der Waals surface area contributed by atoms with Gasteiger partial charge in [-0.25, -0.2) is 0 Å². The Morgan fingerprint density at radius 3 is 0.727 bits per heavy atom. The molecule has 0 aromatic rings. The molecule has 0 fully saturated rings. The fourth-order valence-corrected chi connectivity index (χ4v) is 18.4. The largest absolute Gasteiger partial charge is 0.464 e. The van der Waals surface area contributed by atoms with Crippen molar-refractivity contribution in [3.8, 4) is 0 Å². The quantitative estimate of drug-likeness (QED) is 0.0449. The van der Waals surface area contributed by atoms with Gasteiger partial charge in [-0.15, -0.1) is 0 Å². The molecule has 0 amide bonds. The van der Waals surface area contributed by atoms with Gasteiger partial charge >= 0.3 is 5.97 Å². The lowest BCUT2D eigenvalue weighted by Crippen LogP contribution is -2.51. The van der Waals surface area contributed by atoms with Crippen molar-refractivity contribution in [2.45, 2.75) is 384 Å². The molecule has 3 nitrogen and oxygen atoms in total. The molecule has 0 saturated heterocycles. The maximum atomic E-state index is 15.8. The van der Waals surface area contributed by atoms with E-state index in [2.05, 4.69) is 178 Å². The third-order valence-corrected chi connectivity index (χ3v) is 25.9. The van der Waals surface area contributed by atoms with Gasteiger partial charge in [-0.1, -0.05) is 300 Å². The minimum absolute atomic E-state index is 0.0760. The van der Waals surface area contributed by atoms with Crippen LogP contribution in [-0.2, 0) is 9.53 Å². The van der Waals surface area contributed by atoms with Crippen molar-refractivity contribution in [3.63, 3.8) is 0 Å². The SMILES string of the molecule is CCCCCC(CC)(CC)CC(CC(CC(CC)(CC)CC)(CC(CC)(CC)CC)CC(CC)(CC)CC)(CC(CC(CC)(CC)CC)(CC(CC)(CC)CC)CC(CC)(CC)CC)CC(C)(CC)C(=O)OCCN(C)C. The summed E-state index contributed by atoms with van der Waals surface area (Å²) in [6, 6.07) is 0. The molecule has 0 aromatic heterocycles. The lowest BCUT2D eigenvalue weighted by atomic mass is 9.44. The van der Waals surface area contributed by atoms with E-state index < -0.39 is 5.41 Å². The molecule has 0 aliphatic heterocycles. The second kappa shape index (κ2) is 34.9. The molecule has 77 heavy (non-hydrogen) atoms. The molecular weight excluding hydrogens is 935 g/mol. The topological polar surface area (TPSA) is 29.5 Å². The Hall–Kier alpha value is -0.570. The molecule has 0 aliphatic carbocycles. The second-order valence-corrected chi connectivity index (χ2v) is 29.1. The number of likely N-dealkylation sites (N-methyl/N-ethyl adjacent to an activating group) is 1. The summed E-state index contributed by atoms with van der Waals surface area (Å²) in [5.74, 6) is 0.0760. The van der Waals surface area contributed by atoms with Crippen LogP contribution < -0.4 is 0 Å². The summed E-state index contributed by atoms with van der Waals surface area (Å²) >= 11 is 0. The maximum Gasteiger partial charge on any atom is 0.311 e. The molecule has 0 rings (SSSR count). The van der Waals surface area contributed by atoms with E-state index in [-0.39, 0.29) is 60.1 Å². The van der Waals surface area contributed by atoms with Gasteiger partial charge < -0.3 is 9.64 Å². The van der Waals surface area contributed by atoms with E-state index in [0.29, 0.717) is 6.61 Å². The summed E-state index contributed by atoms with van der Waals surface area (Å²) in [6.45, 7) is 59.9. The summed E-state index contributed by atoms with van der Waals surface area (Å²) in [7, 11) is 4.24. The normalized spacial score (nSPS) is 14.9. The molecule has 0 radical (unpaired) electrons. The van der Waals surface area contributed by atoms with Crippen molar-refractivity contribution >= 4 is 5.97 Å². The molecule has 0 bridgehead atoms. The van der Waals surface area contributed by atoms with Gasteiger partial charge in [0.25, 0.3) is 0 Å². The Kier molecular flexibility index (Phi) is 34.6. The van der Waals surface area contributed by atoms with Crippen LogP contribution in [0.4, 0.5) is 0 Å². The molecular formula is C74H149NO2. The molecule has 1 atom stereocenters. The number of nitrogens with zero attached hydrogens (tertiary/aromatic N) is 1. The first-order valence-corrected chi connectivity index (χ1v) is 35.1. The number of hydrogen-bond acceptors (Lipinski definition) is 3. The molecule has 3 heteroatoms. The number of carbonyl (C=O) groups excluding carboxylic acids is 1. The van der Waals surface area contributed by atoms with E-state index in [4.69, 9.17) is 4.74 Å². The van der Waals surface area contributed by atoms with Crippen molar-refractivity contribution in [1.82, 2.24) is 4.90 Å². The highest BCUT2D eigenvalue weighted by molar-refractivity contribution is 5.76. The van der Waals surface area contributed by atoms with Gasteiger partial charge in [0.1, 0.15) is 6.61 Å². The number of carbonyl (C=O) groups is 1. The van der Waals surface area contributed by atoms with Crippen LogP contribution in [0.5, 0.6) is 0 Å². The zero-order valence-electron chi connectivity index (χ0n) is 58.4. The number of esters is 1. The smallest absolute Gasteiger partial charge is 0.311 e. The molecule has 1 unspecified atom stereocenters. The van der Waals surface area contributed by atoms with Gasteiger partial charge in [0.2, 0.25) is 0 Å². The zero-order chi connectivity index (χ0) is 59.5. The van der Waals surface area contributed by atoms with Crippen LogP contribution in [0.15, 0.2) is 0 Å². The lowest BCUT2D eigenvalue weighted by molar-refractivity contribution is -0.162. The van der Waals surface area contributed by atoms with Crippen molar-refractivity contribution in [2.24, 2.45) is 59.6 Å². The Balaban J connectivity index is 10.8. The van der Waals surface area contributed by atoms with E-state index in [1.807, 2.05) is 0 Å². The minimum Gasteiger partial charge on any atom is -0.464 e. The number of unbranched alkanes of at least 4 members (excludes halogenated alkanes) is 2. The monoisotopic (exact) mass is 1080 g/mol. The predicted octanol–water partition coefficient (Wildman–Crippen LogP) is 25.1. The molecule has 0 saturated carbocycles. The fourth-order valence-electron chi connectivity index (χ4n) is 18.4. The molecule has 0 aliphatic rings. The standard InChI is InChI=1S/C74H149NO2/c1-26-48-49-50-71(46-21,47-22)60-72(53-64(23,27-2)63(76)77-52-51-75(24)25,61-73(54-65(28-3,29-4)30-5,55-66(31-6,32-7)33-8)56-67(34-9,35-10)36-11)62-74(57-68(37-12,38-13)39-14,58-69(40-15,41-16)42-17)59-70(43-18,44-19)45-20/h26-62H2,1-25H3. The second-order valence-electron chi connectivity index (χ2n) is 29.1. The van der Waals surface area contributed by atoms with Crippen molar-refractivity contribution in [1.29, 1.82) is 0 Å². The summed E-state index contributed by atoms with van der Waals surface area (Å²) in [5.41, 5.74) is 1.24. The molecule has 462 valence electrons. The lowest BCUT2D eigenvalue weighted by Gasteiger charge is -2.61. The summed E-state index contributed by atoms with van der Waals surface area (Å²) < 4.78 is 6.69. The number of rotatable bonds is 49. The van der Waals surface area contributed by atoms with Crippen LogP contribution >= 0.6 is 0 Å². The van der Waals surface area contributed by atoms with E-state index in [1.54, 1.807) is 0 Å². The average Bonchev–Trinajstić information content (AvgIpc) is 3.45. The van der Waals surface area contributed by atoms with Gasteiger partial charge in [-0.3, -0.25) is 4.79 Å². The number of hydrogen-bond donors (Lipinski definition) is 0. The third-order valence-electron chi connectivity index (χ3n) is 25.9. The third kappa shape index (κ3) is 20.6.